The quantitative estimate of drug-likeness (QED) is 0.598. The van der Waals surface area contributed by atoms with Gasteiger partial charge in [-0.05, 0) is 52.8 Å². The molecule has 7 heteroatoms. The first-order valence-corrected chi connectivity index (χ1v) is 7.86. The van der Waals surface area contributed by atoms with Crippen molar-refractivity contribution in [2.45, 2.75) is 46.3 Å². The summed E-state index contributed by atoms with van der Waals surface area (Å²) in [5.74, 6) is -0.545. The number of rotatable bonds is 7. The summed E-state index contributed by atoms with van der Waals surface area (Å²) in [6.07, 6.45) is -0.933. The highest BCUT2D eigenvalue weighted by Gasteiger charge is 2.22. The summed E-state index contributed by atoms with van der Waals surface area (Å²) in [6.45, 7) is 8.04. The lowest BCUT2D eigenvalue weighted by Gasteiger charge is -2.23. The monoisotopic (exact) mass is 351 g/mol. The van der Waals surface area contributed by atoms with E-state index in [2.05, 4.69) is 5.32 Å². The molecule has 7 nitrogen and oxygen atoms in total. The van der Waals surface area contributed by atoms with Crippen molar-refractivity contribution in [1.29, 1.82) is 0 Å². The van der Waals surface area contributed by atoms with Crippen LogP contribution in [0.2, 0.25) is 0 Å². The van der Waals surface area contributed by atoms with Crippen LogP contribution in [0.15, 0.2) is 18.2 Å². The van der Waals surface area contributed by atoms with E-state index in [1.165, 1.54) is 27.0 Å². The maximum Gasteiger partial charge on any atom is 0.344 e. The lowest BCUT2D eigenvalue weighted by atomic mass is 10.1. The predicted octanol–water partition coefficient (Wildman–Crippen LogP) is 2.12. The lowest BCUT2D eigenvalue weighted by Crippen LogP contribution is -2.46. The number of hydrogen-bond acceptors (Lipinski definition) is 6. The average molecular weight is 351 g/mol. The van der Waals surface area contributed by atoms with Crippen molar-refractivity contribution in [3.8, 4) is 11.5 Å². The summed E-state index contributed by atoms with van der Waals surface area (Å²) >= 11 is 0. The third kappa shape index (κ3) is 6.82. The summed E-state index contributed by atoms with van der Waals surface area (Å²) in [4.78, 5) is 35.1. The molecular weight excluding hydrogens is 326 g/mol. The van der Waals surface area contributed by atoms with Gasteiger partial charge in [0, 0.05) is 11.1 Å². The van der Waals surface area contributed by atoms with E-state index in [0.29, 0.717) is 17.1 Å². The fraction of sp³-hybridized carbons (Fsp3) is 0.500. The van der Waals surface area contributed by atoms with Gasteiger partial charge in [0.2, 0.25) is 0 Å². The number of carbonyl (C=O) groups excluding carboxylic acids is 3. The SMILES string of the molecule is COc1cc(C(C)=O)ccc1OCC(=O)O[C@H](C)C(=O)NC(C)(C)C. The summed E-state index contributed by atoms with van der Waals surface area (Å²) in [7, 11) is 1.43. The summed E-state index contributed by atoms with van der Waals surface area (Å²) in [5.41, 5.74) is 0.0549. The molecule has 1 atom stereocenters. The van der Waals surface area contributed by atoms with Crippen molar-refractivity contribution >= 4 is 17.7 Å². The molecule has 0 aliphatic rings. The number of esters is 1. The van der Waals surface area contributed by atoms with Crippen LogP contribution < -0.4 is 14.8 Å². The summed E-state index contributed by atoms with van der Waals surface area (Å²) in [6, 6.07) is 4.64. The molecule has 0 fully saturated rings. The second kappa shape index (κ2) is 8.50. The largest absolute Gasteiger partial charge is 0.493 e. The first-order chi connectivity index (χ1) is 11.5. The molecule has 0 saturated carbocycles. The van der Waals surface area contributed by atoms with Gasteiger partial charge in [0.05, 0.1) is 7.11 Å². The van der Waals surface area contributed by atoms with E-state index >= 15 is 0 Å². The standard InChI is InChI=1S/C18H25NO6/c1-11(20)13-7-8-14(15(9-13)23-6)24-10-16(21)25-12(2)17(22)19-18(3,4)5/h7-9,12H,10H2,1-6H3,(H,19,22)/t12-/m1/s1. The van der Waals surface area contributed by atoms with Gasteiger partial charge >= 0.3 is 5.97 Å². The molecule has 1 aromatic rings. The molecule has 0 aromatic heterocycles. The Morgan fingerprint density at radius 2 is 1.80 bits per heavy atom. The van der Waals surface area contributed by atoms with E-state index in [-0.39, 0.29) is 18.3 Å². The molecule has 1 aromatic carbocycles. The fourth-order valence-corrected chi connectivity index (χ4v) is 1.90. The number of ketones is 1. The Labute approximate surface area is 147 Å². The van der Waals surface area contributed by atoms with Crippen LogP contribution in [0.3, 0.4) is 0 Å². The highest BCUT2D eigenvalue weighted by atomic mass is 16.6. The van der Waals surface area contributed by atoms with E-state index in [1.807, 2.05) is 20.8 Å². The summed E-state index contributed by atoms with van der Waals surface area (Å²) < 4.78 is 15.6. The highest BCUT2D eigenvalue weighted by Crippen LogP contribution is 2.28. The van der Waals surface area contributed by atoms with Crippen LogP contribution in [0.4, 0.5) is 0 Å². The van der Waals surface area contributed by atoms with Gasteiger partial charge in [-0.25, -0.2) is 4.79 Å². The zero-order valence-corrected chi connectivity index (χ0v) is 15.5. The molecule has 0 unspecified atom stereocenters. The lowest BCUT2D eigenvalue weighted by molar-refractivity contribution is -0.157. The minimum absolute atomic E-state index is 0.108. The second-order valence-corrected chi connectivity index (χ2v) is 6.58. The highest BCUT2D eigenvalue weighted by molar-refractivity contribution is 5.94. The fourth-order valence-electron chi connectivity index (χ4n) is 1.90. The molecule has 0 radical (unpaired) electrons. The Bertz CT molecular complexity index is 647. The molecule has 0 aliphatic carbocycles. The number of nitrogens with one attached hydrogen (secondary N) is 1. The first kappa shape index (κ1) is 20.5. The molecule has 25 heavy (non-hydrogen) atoms. The molecule has 0 bridgehead atoms. The Hall–Kier alpha value is -2.57. The van der Waals surface area contributed by atoms with Crippen LogP contribution in [0.25, 0.3) is 0 Å². The molecule has 0 aliphatic heterocycles. The van der Waals surface area contributed by atoms with Crippen molar-refractivity contribution in [3.63, 3.8) is 0 Å². The number of benzene rings is 1. The number of hydrogen-bond donors (Lipinski definition) is 1. The van der Waals surface area contributed by atoms with Crippen molar-refractivity contribution in [2.75, 3.05) is 13.7 Å². The van der Waals surface area contributed by atoms with Crippen LogP contribution in [0.1, 0.15) is 45.0 Å². The van der Waals surface area contributed by atoms with E-state index in [1.54, 1.807) is 12.1 Å². The molecule has 138 valence electrons. The van der Waals surface area contributed by atoms with Crippen molar-refractivity contribution in [3.05, 3.63) is 23.8 Å². The van der Waals surface area contributed by atoms with Crippen molar-refractivity contribution < 1.29 is 28.6 Å². The molecule has 1 N–H and O–H groups in total. The zero-order valence-electron chi connectivity index (χ0n) is 15.5. The third-order valence-electron chi connectivity index (χ3n) is 3.09. The van der Waals surface area contributed by atoms with Gasteiger partial charge in [0.25, 0.3) is 5.91 Å². The molecule has 0 spiro atoms. The number of ether oxygens (including phenoxy) is 3. The van der Waals surface area contributed by atoms with Crippen molar-refractivity contribution in [2.24, 2.45) is 0 Å². The van der Waals surface area contributed by atoms with Gasteiger partial charge < -0.3 is 19.5 Å². The third-order valence-corrected chi connectivity index (χ3v) is 3.09. The van der Waals surface area contributed by atoms with Gasteiger partial charge in [-0.3, -0.25) is 9.59 Å². The Morgan fingerprint density at radius 3 is 2.32 bits per heavy atom. The first-order valence-electron chi connectivity index (χ1n) is 7.86. The molecular formula is C18H25NO6. The van der Waals surface area contributed by atoms with E-state index in [4.69, 9.17) is 14.2 Å². The van der Waals surface area contributed by atoms with Gasteiger partial charge in [-0.2, -0.15) is 0 Å². The van der Waals surface area contributed by atoms with Crippen LogP contribution in [0, 0.1) is 0 Å². The van der Waals surface area contributed by atoms with Gasteiger partial charge in [-0.1, -0.05) is 0 Å². The molecule has 1 rings (SSSR count). The van der Waals surface area contributed by atoms with E-state index in [0.717, 1.165) is 0 Å². The second-order valence-electron chi connectivity index (χ2n) is 6.58. The number of carbonyl (C=O) groups is 3. The maximum absolute atomic E-state index is 11.9. The van der Waals surface area contributed by atoms with E-state index < -0.39 is 17.6 Å². The number of methoxy groups -OCH3 is 1. The topological polar surface area (TPSA) is 90.9 Å². The number of Topliss-reactive ketones (excluding diaryl/α,β-unsaturated/α-hetero) is 1. The Balaban J connectivity index is 2.62. The van der Waals surface area contributed by atoms with Gasteiger partial charge in [0.1, 0.15) is 0 Å². The number of amides is 1. The van der Waals surface area contributed by atoms with Crippen LogP contribution in [-0.4, -0.2) is 43.0 Å². The minimum Gasteiger partial charge on any atom is -0.493 e. The van der Waals surface area contributed by atoms with Crippen LogP contribution >= 0.6 is 0 Å². The van der Waals surface area contributed by atoms with Crippen LogP contribution in [0.5, 0.6) is 11.5 Å². The molecule has 0 heterocycles. The molecule has 1 amide bonds. The maximum atomic E-state index is 11.9. The Morgan fingerprint density at radius 1 is 1.16 bits per heavy atom. The van der Waals surface area contributed by atoms with E-state index in [9.17, 15) is 14.4 Å². The van der Waals surface area contributed by atoms with Crippen LogP contribution in [-0.2, 0) is 14.3 Å². The molecule has 0 saturated heterocycles. The van der Waals surface area contributed by atoms with Gasteiger partial charge in [-0.15, -0.1) is 0 Å². The smallest absolute Gasteiger partial charge is 0.344 e. The predicted molar refractivity (Wildman–Crippen MR) is 91.9 cm³/mol. The normalized spacial score (nSPS) is 12.1. The summed E-state index contributed by atoms with van der Waals surface area (Å²) in [5, 5.41) is 2.72. The minimum atomic E-state index is -0.933. The van der Waals surface area contributed by atoms with Gasteiger partial charge in [0.15, 0.2) is 30.0 Å². The Kier molecular flexibility index (Phi) is 6.97. The average Bonchev–Trinajstić information content (AvgIpc) is 2.50. The zero-order chi connectivity index (χ0) is 19.2. The van der Waals surface area contributed by atoms with Crippen molar-refractivity contribution in [1.82, 2.24) is 5.32 Å².